The van der Waals surface area contributed by atoms with Gasteiger partial charge in [-0.15, -0.1) is 24.0 Å². The third-order valence-electron chi connectivity index (χ3n) is 20.9. The SMILES string of the molecule is CC(=O)OC[C@]1(C)C2C[C@H](O)[C@@]3(C)Oc4cc(-c5cccnc5)oc(=O)c4[C@H](O)C3[C@@]2(C)CC[C@@H]1C.CC(=O)OC[C@]1(C)C2C[C@H](OC(=O)c3cccc(C)c3)[C@@]3(C)Oc4cc(-c5cccnc5)oc(=O)c4[C@H](O)C3[C@@]2(C)CC[C@@H]1C.I. The van der Waals surface area contributed by atoms with Crippen LogP contribution < -0.4 is 20.7 Å². The van der Waals surface area contributed by atoms with Crippen molar-refractivity contribution in [2.75, 3.05) is 13.2 Å². The highest BCUT2D eigenvalue weighted by Crippen LogP contribution is 2.70. The van der Waals surface area contributed by atoms with Crippen molar-refractivity contribution in [1.29, 1.82) is 0 Å². The van der Waals surface area contributed by atoms with E-state index in [9.17, 15) is 39.3 Å². The highest BCUT2D eigenvalue weighted by Gasteiger charge is 2.71. The van der Waals surface area contributed by atoms with E-state index in [4.69, 9.17) is 32.5 Å². The summed E-state index contributed by atoms with van der Waals surface area (Å²) in [5.41, 5.74) is -2.97. The van der Waals surface area contributed by atoms with Gasteiger partial charge in [-0.1, -0.05) is 59.2 Å². The van der Waals surface area contributed by atoms with Gasteiger partial charge in [0, 0.05) is 84.6 Å². The fourth-order valence-electron chi connectivity index (χ4n) is 16.2. The summed E-state index contributed by atoms with van der Waals surface area (Å²) in [5.74, 6) is -1.25. The van der Waals surface area contributed by atoms with Gasteiger partial charge in [-0.2, -0.15) is 0 Å². The van der Waals surface area contributed by atoms with Crippen molar-refractivity contribution in [3.8, 4) is 34.1 Å². The Morgan fingerprint density at radius 2 is 1.11 bits per heavy atom. The van der Waals surface area contributed by atoms with Gasteiger partial charge in [0.05, 0.1) is 37.1 Å². The van der Waals surface area contributed by atoms with E-state index in [1.807, 2.05) is 32.9 Å². The summed E-state index contributed by atoms with van der Waals surface area (Å²) in [6, 6.07) is 17.5. The molecule has 6 heterocycles. The smallest absolute Gasteiger partial charge is 0.345 e. The number of aryl methyl sites for hydroxylation is 1. The van der Waals surface area contributed by atoms with Gasteiger partial charge < -0.3 is 47.8 Å². The fraction of sp³-hybridized carbons (Fsp3) is 0.547. The largest absolute Gasteiger partial charge is 0.484 e. The molecule has 4 aromatic heterocycles. The quantitative estimate of drug-likeness (QED) is 0.0743. The van der Waals surface area contributed by atoms with Crippen LogP contribution in [0.25, 0.3) is 22.6 Å². The summed E-state index contributed by atoms with van der Waals surface area (Å²) < 4.78 is 42.2. The lowest BCUT2D eigenvalue weighted by Crippen LogP contribution is -2.70. The van der Waals surface area contributed by atoms with Crippen LogP contribution in [-0.2, 0) is 23.8 Å². The molecular weight excluding hydrogens is 1160 g/mol. The Hall–Kier alpha value is -5.96. The number of ether oxygens (including phenoxy) is 5. The Kier molecular flexibility index (Phi) is 16.4. The van der Waals surface area contributed by atoms with Crippen molar-refractivity contribution in [1.82, 2.24) is 9.97 Å². The standard InChI is InChI=1S/C36H41NO8.C28H35NO7.HI/c1-20-9-7-10-23(15-20)32(40)44-28-17-27-34(4,13-12-21(2)35(27,5)19-42-22(3)38)31-30(39)29-26(45-36(28,31)6)16-25(43-33(29)41)24-11-8-14-37-18-24;1-15-8-9-26(3)20(27(15,4)14-34-16(2)30)12-21(31)28(5)24(26)23(32)22-19(36-28)11-18(35-25(22)33)17-7-6-10-29-13-17;/h7-11,14-16,18,21,27-28,30-31,39H,12-13,17,19H2,1-6H3;6-7,10-11,13,15,20-21,23-24,31-32H,8-9,12,14H2,1-5H3;1H/t21-,27?,28-,30-,31?,34-,35-,36+;15-,20?,21-,23-,24?,26-,27-,28+;/m00./s1. The van der Waals surface area contributed by atoms with Gasteiger partial charge in [-0.25, -0.2) is 14.4 Å². The molecule has 0 radical (unpaired) electrons. The maximum absolute atomic E-state index is 13.7. The molecule has 82 heavy (non-hydrogen) atoms. The molecule has 4 unspecified atom stereocenters. The molecule has 4 saturated carbocycles. The van der Waals surface area contributed by atoms with E-state index in [0.29, 0.717) is 29.5 Å². The highest BCUT2D eigenvalue weighted by molar-refractivity contribution is 14.0. The van der Waals surface area contributed by atoms with Gasteiger partial charge in [0.15, 0.2) is 0 Å². The number of fused-ring (bicyclic) bond motifs is 8. The van der Waals surface area contributed by atoms with Crippen molar-refractivity contribution in [2.24, 2.45) is 57.2 Å². The van der Waals surface area contributed by atoms with E-state index in [-0.39, 0.29) is 107 Å². The number of aliphatic hydroxyl groups excluding tert-OH is 3. The molecule has 11 rings (SSSR count). The van der Waals surface area contributed by atoms with Crippen LogP contribution >= 0.6 is 24.0 Å². The minimum absolute atomic E-state index is 0. The Morgan fingerprint density at radius 3 is 1.56 bits per heavy atom. The van der Waals surface area contributed by atoms with E-state index < -0.39 is 86.3 Å². The van der Waals surface area contributed by atoms with Crippen LogP contribution in [0.3, 0.4) is 0 Å². The van der Waals surface area contributed by atoms with Crippen molar-refractivity contribution >= 4 is 41.9 Å². The summed E-state index contributed by atoms with van der Waals surface area (Å²) in [4.78, 5) is 72.4. The summed E-state index contributed by atoms with van der Waals surface area (Å²) >= 11 is 0. The Bertz CT molecular complexity index is 3360. The summed E-state index contributed by atoms with van der Waals surface area (Å²) in [5, 5.41) is 35.6. The molecule has 0 spiro atoms. The predicted octanol–water partition coefficient (Wildman–Crippen LogP) is 10.6. The maximum atomic E-state index is 13.7. The lowest BCUT2D eigenvalue weighted by atomic mass is 9.41. The number of hydrogen-bond acceptors (Lipinski definition) is 17. The molecule has 0 bridgehead atoms. The zero-order valence-corrected chi connectivity index (χ0v) is 50.9. The number of carbonyl (C=O) groups excluding carboxylic acids is 3. The number of benzene rings is 1. The number of halogens is 1. The zero-order chi connectivity index (χ0) is 58.4. The predicted molar refractivity (Wildman–Crippen MR) is 312 cm³/mol. The van der Waals surface area contributed by atoms with E-state index in [1.165, 1.54) is 13.8 Å². The van der Waals surface area contributed by atoms with Crippen LogP contribution in [-0.4, -0.2) is 79.8 Å². The van der Waals surface area contributed by atoms with Crippen molar-refractivity contribution in [2.45, 2.75) is 150 Å². The molecule has 16 atom stereocenters. The number of hydrogen-bond donors (Lipinski definition) is 3. The first-order valence-electron chi connectivity index (χ1n) is 28.3. The molecule has 6 aliphatic rings. The molecule has 1 aromatic carbocycles. The molecule has 2 aliphatic heterocycles. The third kappa shape index (κ3) is 10.1. The molecule has 18 heteroatoms. The molecular formula is C64H77IN2O15. The third-order valence-corrected chi connectivity index (χ3v) is 20.9. The summed E-state index contributed by atoms with van der Waals surface area (Å²) in [6.07, 6.45) is 6.32. The number of carbonyl (C=O) groups is 3. The van der Waals surface area contributed by atoms with Crippen molar-refractivity contribution in [3.63, 3.8) is 0 Å². The number of aliphatic hydroxyl groups is 3. The molecule has 4 fully saturated rings. The lowest BCUT2D eigenvalue weighted by Gasteiger charge is -2.66. The first-order chi connectivity index (χ1) is 38.2. The van der Waals surface area contributed by atoms with Gasteiger partial charge in [-0.05, 0) is 130 Å². The van der Waals surface area contributed by atoms with Crippen LogP contribution in [0.2, 0.25) is 0 Å². The second kappa shape index (κ2) is 22.2. The Balaban J connectivity index is 0.000000200. The van der Waals surface area contributed by atoms with E-state index in [2.05, 4.69) is 51.5 Å². The molecule has 5 aromatic rings. The number of rotatable bonds is 8. The first kappa shape index (κ1) is 60.6. The Labute approximate surface area is 494 Å². The van der Waals surface area contributed by atoms with Gasteiger partial charge in [0.1, 0.15) is 51.5 Å². The van der Waals surface area contributed by atoms with E-state index in [1.54, 1.807) is 73.3 Å². The average Bonchev–Trinajstić information content (AvgIpc) is 0.881. The number of pyridine rings is 2. The molecule has 440 valence electrons. The fourth-order valence-corrected chi connectivity index (χ4v) is 16.2. The van der Waals surface area contributed by atoms with Crippen LogP contribution in [0, 0.1) is 64.1 Å². The minimum Gasteiger partial charge on any atom is -0.484 e. The number of aromatic nitrogens is 2. The van der Waals surface area contributed by atoms with E-state index in [0.717, 1.165) is 31.2 Å². The maximum Gasteiger partial charge on any atom is 0.345 e. The van der Waals surface area contributed by atoms with Gasteiger partial charge in [-0.3, -0.25) is 19.6 Å². The second-order valence-electron chi connectivity index (χ2n) is 25.6. The number of nitrogens with zero attached hydrogens (tertiary/aromatic N) is 2. The Morgan fingerprint density at radius 1 is 0.646 bits per heavy atom. The van der Waals surface area contributed by atoms with Crippen molar-refractivity contribution in [3.05, 3.63) is 129 Å². The zero-order valence-electron chi connectivity index (χ0n) is 48.6. The lowest BCUT2D eigenvalue weighted by molar-refractivity contribution is -0.257. The second-order valence-corrected chi connectivity index (χ2v) is 25.6. The first-order valence-corrected chi connectivity index (χ1v) is 28.3. The van der Waals surface area contributed by atoms with Crippen LogP contribution in [0.5, 0.6) is 11.5 Å². The molecule has 17 nitrogen and oxygen atoms in total. The molecule has 3 N–H and O–H groups in total. The summed E-state index contributed by atoms with van der Waals surface area (Å²) in [6.45, 7) is 21.6. The molecule has 0 amide bonds. The number of esters is 3. The topological polar surface area (TPSA) is 244 Å². The van der Waals surface area contributed by atoms with Gasteiger partial charge in [0.2, 0.25) is 0 Å². The minimum atomic E-state index is -1.27. The monoisotopic (exact) mass is 1240 g/mol. The summed E-state index contributed by atoms with van der Waals surface area (Å²) in [7, 11) is 0. The normalized spacial score (nSPS) is 35.6. The average molecular weight is 1240 g/mol. The van der Waals surface area contributed by atoms with Crippen LogP contribution in [0.15, 0.2) is 104 Å². The molecule has 0 saturated heterocycles. The highest BCUT2D eigenvalue weighted by atomic mass is 127. The van der Waals surface area contributed by atoms with Crippen molar-refractivity contribution < 1.29 is 62.2 Å². The van der Waals surface area contributed by atoms with Gasteiger partial charge >= 0.3 is 29.2 Å². The molecule has 4 aliphatic carbocycles. The van der Waals surface area contributed by atoms with Crippen LogP contribution in [0.4, 0.5) is 0 Å². The van der Waals surface area contributed by atoms with Gasteiger partial charge in [0.25, 0.3) is 0 Å². The van der Waals surface area contributed by atoms with Crippen LogP contribution in [0.1, 0.15) is 147 Å². The van der Waals surface area contributed by atoms with E-state index >= 15 is 0 Å².